The molecule has 8 heteroatoms. The minimum Gasteiger partial charge on any atom is -0.377 e. The maximum atomic E-state index is 12.9. The van der Waals surface area contributed by atoms with Gasteiger partial charge in [-0.15, -0.1) is 0 Å². The minimum atomic E-state index is -0.370. The summed E-state index contributed by atoms with van der Waals surface area (Å²) in [5, 5.41) is 4.91. The summed E-state index contributed by atoms with van der Waals surface area (Å²) < 4.78 is 11.1. The summed E-state index contributed by atoms with van der Waals surface area (Å²) in [5.74, 6) is -0.522. The molecule has 0 atom stereocenters. The lowest BCUT2D eigenvalue weighted by atomic mass is 10.0. The Balaban J connectivity index is 1.41. The van der Waals surface area contributed by atoms with E-state index in [9.17, 15) is 14.4 Å². The van der Waals surface area contributed by atoms with Crippen molar-refractivity contribution < 1.29 is 23.9 Å². The Morgan fingerprint density at radius 1 is 0.895 bits per heavy atom. The summed E-state index contributed by atoms with van der Waals surface area (Å²) in [7, 11) is 0. The number of ether oxygens (including phenoxy) is 2. The molecule has 1 fully saturated rings. The molecule has 3 aromatic rings. The van der Waals surface area contributed by atoms with E-state index in [2.05, 4.69) is 10.6 Å². The third-order valence-corrected chi connectivity index (χ3v) is 6.77. The summed E-state index contributed by atoms with van der Waals surface area (Å²) in [5.41, 5.74) is 6.38. The number of rotatable bonds is 11. The summed E-state index contributed by atoms with van der Waals surface area (Å²) in [4.78, 5) is 36.4. The van der Waals surface area contributed by atoms with E-state index in [-0.39, 0.29) is 17.1 Å². The van der Waals surface area contributed by atoms with E-state index in [1.165, 1.54) is 0 Å². The molecule has 3 amide bonds. The molecule has 38 heavy (non-hydrogen) atoms. The number of imide groups is 1. The largest absolute Gasteiger partial charge is 0.377 e. The third-order valence-electron chi connectivity index (χ3n) is 5.96. The second kappa shape index (κ2) is 13.2. The van der Waals surface area contributed by atoms with Crippen molar-refractivity contribution in [3.8, 4) is 11.1 Å². The molecule has 196 valence electrons. The van der Waals surface area contributed by atoms with Gasteiger partial charge in [0.2, 0.25) is 0 Å². The van der Waals surface area contributed by atoms with Crippen molar-refractivity contribution in [2.24, 2.45) is 0 Å². The fourth-order valence-electron chi connectivity index (χ4n) is 3.96. The lowest BCUT2D eigenvalue weighted by molar-refractivity contribution is -0.115. The molecule has 0 spiro atoms. The number of nitrogens with one attached hydrogen (secondary N) is 2. The number of carbonyl (C=O) groups excluding carboxylic acids is 3. The van der Waals surface area contributed by atoms with Crippen LogP contribution in [-0.4, -0.2) is 30.3 Å². The lowest BCUT2D eigenvalue weighted by Crippen LogP contribution is -2.23. The van der Waals surface area contributed by atoms with Crippen LogP contribution in [0.5, 0.6) is 0 Å². The zero-order chi connectivity index (χ0) is 26.9. The minimum absolute atomic E-state index is 0.152. The molecule has 0 saturated carbocycles. The van der Waals surface area contributed by atoms with Gasteiger partial charge in [-0.05, 0) is 83.3 Å². The van der Waals surface area contributed by atoms with Gasteiger partial charge in [-0.2, -0.15) is 0 Å². The zero-order valence-electron chi connectivity index (χ0n) is 21.4. The number of thioether (sulfide) groups is 1. The van der Waals surface area contributed by atoms with Crippen molar-refractivity contribution >= 4 is 34.9 Å². The van der Waals surface area contributed by atoms with E-state index in [4.69, 9.17) is 9.47 Å². The van der Waals surface area contributed by atoms with Gasteiger partial charge in [0.25, 0.3) is 17.1 Å². The Labute approximate surface area is 226 Å². The van der Waals surface area contributed by atoms with Gasteiger partial charge in [0.1, 0.15) is 0 Å². The fraction of sp³-hybridized carbons (Fsp3) is 0.233. The van der Waals surface area contributed by atoms with Crippen molar-refractivity contribution in [1.29, 1.82) is 0 Å². The molecule has 0 bridgehead atoms. The van der Waals surface area contributed by atoms with Crippen LogP contribution in [0.1, 0.15) is 46.5 Å². The predicted octanol–water partition coefficient (Wildman–Crippen LogP) is 5.68. The highest BCUT2D eigenvalue weighted by molar-refractivity contribution is 8.18. The number of hydrogen-bond acceptors (Lipinski definition) is 6. The monoisotopic (exact) mass is 530 g/mol. The Kier molecular flexibility index (Phi) is 9.48. The quantitative estimate of drug-likeness (QED) is 0.310. The van der Waals surface area contributed by atoms with Gasteiger partial charge >= 0.3 is 0 Å². The average molecular weight is 531 g/mol. The number of hydrogen-bond donors (Lipinski definition) is 2. The van der Waals surface area contributed by atoms with Gasteiger partial charge in [0.15, 0.2) is 0 Å². The fourth-order valence-corrected chi connectivity index (χ4v) is 4.64. The van der Waals surface area contributed by atoms with Crippen molar-refractivity contribution in [3.05, 3.63) is 99.5 Å². The topological polar surface area (TPSA) is 93.7 Å². The normalized spacial score (nSPS) is 14.1. The maximum absolute atomic E-state index is 12.9. The molecular formula is C30H30N2O5S. The van der Waals surface area contributed by atoms with Crippen LogP contribution in [0.3, 0.4) is 0 Å². The first kappa shape index (κ1) is 27.3. The Morgan fingerprint density at radius 2 is 1.63 bits per heavy atom. The number of amides is 3. The first-order chi connectivity index (χ1) is 18.5. The third kappa shape index (κ3) is 7.19. The summed E-state index contributed by atoms with van der Waals surface area (Å²) in [6.07, 6.45) is 1.70. The van der Waals surface area contributed by atoms with Crippen LogP contribution >= 0.6 is 11.8 Å². The average Bonchev–Trinajstić information content (AvgIpc) is 3.26. The van der Waals surface area contributed by atoms with Gasteiger partial charge in [-0.25, -0.2) is 0 Å². The van der Waals surface area contributed by atoms with Crippen LogP contribution in [0.15, 0.2) is 71.6 Å². The van der Waals surface area contributed by atoms with E-state index in [1.54, 1.807) is 6.08 Å². The molecule has 0 radical (unpaired) electrons. The number of benzene rings is 3. The van der Waals surface area contributed by atoms with Crippen molar-refractivity contribution in [2.45, 2.75) is 33.6 Å². The zero-order valence-corrected chi connectivity index (χ0v) is 22.2. The molecule has 1 heterocycles. The smallest absolute Gasteiger partial charge is 0.290 e. The van der Waals surface area contributed by atoms with Gasteiger partial charge in [0, 0.05) is 25.3 Å². The van der Waals surface area contributed by atoms with E-state index in [1.807, 2.05) is 80.6 Å². The van der Waals surface area contributed by atoms with Crippen LogP contribution in [-0.2, 0) is 34.0 Å². The molecule has 1 saturated heterocycles. The van der Waals surface area contributed by atoms with Crippen LogP contribution < -0.4 is 10.6 Å². The standard InChI is InChI=1S/C30H30N2O5S/c1-3-36-18-25-13-12-24(16-26(25)19-37-4-2)28(33)31-17-21-6-5-7-23(14-21)22-10-8-20(9-11-22)15-27-29(34)32-30(35)38-27/h5-16H,3-4,17-19H2,1-2H3,(H,31,33)(H,32,34,35). The van der Waals surface area contributed by atoms with Crippen LogP contribution in [0.2, 0.25) is 0 Å². The highest BCUT2D eigenvalue weighted by atomic mass is 32.2. The second-order valence-corrected chi connectivity index (χ2v) is 9.63. The van der Waals surface area contributed by atoms with E-state index < -0.39 is 0 Å². The molecule has 7 nitrogen and oxygen atoms in total. The Hall–Kier alpha value is -3.72. The van der Waals surface area contributed by atoms with E-state index in [0.29, 0.717) is 43.4 Å². The van der Waals surface area contributed by atoms with Crippen molar-refractivity contribution in [2.75, 3.05) is 13.2 Å². The molecule has 3 aromatic carbocycles. The molecule has 0 aromatic heterocycles. The maximum Gasteiger partial charge on any atom is 0.290 e. The van der Waals surface area contributed by atoms with Crippen molar-refractivity contribution in [1.82, 2.24) is 10.6 Å². The second-order valence-electron chi connectivity index (χ2n) is 8.62. The summed E-state index contributed by atoms with van der Waals surface area (Å²) >= 11 is 0.900. The first-order valence-electron chi connectivity index (χ1n) is 12.5. The van der Waals surface area contributed by atoms with E-state index >= 15 is 0 Å². The van der Waals surface area contributed by atoms with Crippen LogP contribution in [0.25, 0.3) is 17.2 Å². The molecule has 1 aliphatic heterocycles. The molecule has 4 rings (SSSR count). The van der Waals surface area contributed by atoms with Gasteiger partial charge in [-0.1, -0.05) is 48.5 Å². The molecule has 0 unspecified atom stereocenters. The van der Waals surface area contributed by atoms with Crippen molar-refractivity contribution in [3.63, 3.8) is 0 Å². The van der Waals surface area contributed by atoms with Gasteiger partial charge in [0.05, 0.1) is 18.1 Å². The summed E-state index contributed by atoms with van der Waals surface area (Å²) in [6.45, 7) is 6.42. The first-order valence-corrected chi connectivity index (χ1v) is 13.3. The molecule has 0 aliphatic carbocycles. The van der Waals surface area contributed by atoms with E-state index in [0.717, 1.165) is 45.1 Å². The Morgan fingerprint density at radius 3 is 2.32 bits per heavy atom. The highest BCUT2D eigenvalue weighted by Crippen LogP contribution is 2.27. The molecular weight excluding hydrogens is 500 g/mol. The van der Waals surface area contributed by atoms with Gasteiger partial charge < -0.3 is 14.8 Å². The Bertz CT molecular complexity index is 1350. The summed E-state index contributed by atoms with van der Waals surface area (Å²) in [6, 6.07) is 21.3. The predicted molar refractivity (Wildman–Crippen MR) is 149 cm³/mol. The lowest BCUT2D eigenvalue weighted by Gasteiger charge is -2.13. The number of carbonyl (C=O) groups is 3. The molecule has 2 N–H and O–H groups in total. The van der Waals surface area contributed by atoms with Crippen LogP contribution in [0.4, 0.5) is 4.79 Å². The highest BCUT2D eigenvalue weighted by Gasteiger charge is 2.24. The SMILES string of the molecule is CCOCc1ccc(C(=O)NCc2cccc(-c3ccc(C=C4SC(=O)NC4=O)cc3)c2)cc1COCC. The van der Waals surface area contributed by atoms with Gasteiger partial charge in [-0.3, -0.25) is 19.7 Å². The molecule has 1 aliphatic rings. The van der Waals surface area contributed by atoms with Crippen LogP contribution in [0, 0.1) is 0 Å².